The third-order valence-electron chi connectivity index (χ3n) is 1.66. The van der Waals surface area contributed by atoms with E-state index in [1.165, 1.54) is 16.7 Å². The summed E-state index contributed by atoms with van der Waals surface area (Å²) in [4.78, 5) is 0. The van der Waals surface area contributed by atoms with E-state index in [1.54, 1.807) is 0 Å². The Morgan fingerprint density at radius 3 is 1.54 bits per heavy atom. The summed E-state index contributed by atoms with van der Waals surface area (Å²) >= 11 is 0. The van der Waals surface area contributed by atoms with E-state index in [2.05, 4.69) is 39.0 Å². The van der Waals surface area contributed by atoms with Gasteiger partial charge in [-0.25, -0.2) is 0 Å². The van der Waals surface area contributed by atoms with Gasteiger partial charge in [-0.3, -0.25) is 0 Å². The Kier molecular flexibility index (Phi) is 10.5. The third-order valence-corrected chi connectivity index (χ3v) is 1.66. The van der Waals surface area contributed by atoms with E-state index in [1.807, 2.05) is 27.7 Å². The van der Waals surface area contributed by atoms with E-state index in [9.17, 15) is 0 Å². The van der Waals surface area contributed by atoms with Gasteiger partial charge in [0.05, 0.1) is 0 Å². The molecule has 0 bridgehead atoms. The zero-order chi connectivity index (χ0) is 10.9. The molecule has 0 unspecified atom stereocenters. The molecule has 1 aromatic rings. The third kappa shape index (κ3) is 6.39. The van der Waals surface area contributed by atoms with Crippen molar-refractivity contribution in [1.29, 1.82) is 0 Å². The molecule has 0 amide bonds. The fourth-order valence-electron chi connectivity index (χ4n) is 0.891. The number of hydrogen-bond acceptors (Lipinski definition) is 0. The molecule has 78 valence electrons. The van der Waals surface area contributed by atoms with Crippen LogP contribution in [0, 0.1) is 20.8 Å². The fourth-order valence-corrected chi connectivity index (χ4v) is 0.891. The van der Waals surface area contributed by atoms with Crippen LogP contribution in [0.1, 0.15) is 45.8 Å². The van der Waals surface area contributed by atoms with Crippen LogP contribution in [0.25, 0.3) is 0 Å². The normalized spacial score (nSPS) is 7.62. The van der Waals surface area contributed by atoms with E-state index in [0.29, 0.717) is 0 Å². The van der Waals surface area contributed by atoms with Gasteiger partial charge in [-0.2, -0.15) is 0 Å². The Labute approximate surface area is 85.5 Å². The zero-order valence-electron chi connectivity index (χ0n) is 10.2. The molecule has 0 N–H and O–H groups in total. The molecular weight excluding hydrogens is 156 g/mol. The highest BCUT2D eigenvalue weighted by molar-refractivity contribution is 5.28. The van der Waals surface area contributed by atoms with Crippen LogP contribution in [-0.4, -0.2) is 0 Å². The summed E-state index contributed by atoms with van der Waals surface area (Å²) in [6, 6.07) is 6.50. The minimum absolute atomic E-state index is 0. The Bertz CT molecular complexity index is 216. The lowest BCUT2D eigenvalue weighted by atomic mass is 10.1. The summed E-state index contributed by atoms with van der Waals surface area (Å²) in [5, 5.41) is 0. The van der Waals surface area contributed by atoms with Crippen LogP contribution < -0.4 is 0 Å². The summed E-state index contributed by atoms with van der Waals surface area (Å²) in [6.07, 6.45) is 0. The highest BCUT2D eigenvalue weighted by Gasteiger charge is 1.89. The first-order valence-electron chi connectivity index (χ1n) is 5.24. The number of hydrogen-bond donors (Lipinski definition) is 0. The summed E-state index contributed by atoms with van der Waals surface area (Å²) in [5.74, 6) is 0. The molecule has 0 radical (unpaired) electrons. The van der Waals surface area contributed by atoms with E-state index >= 15 is 0 Å². The fraction of sp³-hybridized carbons (Fsp3) is 0.538. The van der Waals surface area contributed by atoms with Gasteiger partial charge in [0.25, 0.3) is 0 Å². The predicted molar refractivity (Wildman–Crippen MR) is 65.5 cm³/mol. The maximum Gasteiger partial charge on any atom is 0 e. The number of aryl methyl sites for hydroxylation is 3. The zero-order valence-corrected chi connectivity index (χ0v) is 10.2. The molecule has 0 aliphatic rings. The average molecular weight is 182 g/mol. The van der Waals surface area contributed by atoms with Gasteiger partial charge in [0, 0.05) is 1.43 Å². The molecule has 0 aliphatic carbocycles. The van der Waals surface area contributed by atoms with Crippen molar-refractivity contribution in [2.75, 3.05) is 0 Å². The lowest BCUT2D eigenvalue weighted by Crippen LogP contribution is -1.79. The van der Waals surface area contributed by atoms with E-state index in [-0.39, 0.29) is 1.43 Å². The van der Waals surface area contributed by atoms with Crippen molar-refractivity contribution in [2.24, 2.45) is 0 Å². The average Bonchev–Trinajstić information content (AvgIpc) is 2.18. The molecule has 0 nitrogen and oxygen atoms in total. The molecule has 0 aliphatic heterocycles. The first kappa shape index (κ1) is 14.7. The van der Waals surface area contributed by atoms with Crippen LogP contribution >= 0.6 is 0 Å². The van der Waals surface area contributed by atoms with E-state index in [0.717, 1.165) is 0 Å². The van der Waals surface area contributed by atoms with Crippen molar-refractivity contribution < 1.29 is 1.43 Å². The van der Waals surface area contributed by atoms with Crippen molar-refractivity contribution in [1.82, 2.24) is 0 Å². The van der Waals surface area contributed by atoms with Crippen molar-refractivity contribution in [3.63, 3.8) is 0 Å². The minimum Gasteiger partial charge on any atom is -0.0683 e. The Morgan fingerprint density at radius 2 is 1.23 bits per heavy atom. The molecule has 1 rings (SSSR count). The van der Waals surface area contributed by atoms with Crippen LogP contribution in [0.2, 0.25) is 0 Å². The van der Waals surface area contributed by atoms with Crippen LogP contribution in [0.3, 0.4) is 0 Å². The van der Waals surface area contributed by atoms with Gasteiger partial charge >= 0.3 is 0 Å². The second-order valence-corrected chi connectivity index (χ2v) is 2.59. The molecule has 0 aromatic heterocycles. The van der Waals surface area contributed by atoms with Gasteiger partial charge in [0.2, 0.25) is 0 Å². The molecule has 0 heteroatoms. The Balaban J connectivity index is -0.000000216. The van der Waals surface area contributed by atoms with Gasteiger partial charge in [0.1, 0.15) is 0 Å². The largest absolute Gasteiger partial charge is 0.0683 e. The van der Waals surface area contributed by atoms with E-state index in [4.69, 9.17) is 0 Å². The maximum absolute atomic E-state index is 2.20. The second-order valence-electron chi connectivity index (χ2n) is 2.59. The first-order valence-corrected chi connectivity index (χ1v) is 5.24. The van der Waals surface area contributed by atoms with Gasteiger partial charge in [0.15, 0.2) is 0 Å². The topological polar surface area (TPSA) is 0 Å². The lowest BCUT2D eigenvalue weighted by molar-refractivity contribution is 1.30. The monoisotopic (exact) mass is 182 g/mol. The lowest BCUT2D eigenvalue weighted by Gasteiger charge is -1.98. The molecule has 13 heavy (non-hydrogen) atoms. The van der Waals surface area contributed by atoms with Gasteiger partial charge in [-0.1, -0.05) is 51.5 Å². The van der Waals surface area contributed by atoms with Crippen LogP contribution in [-0.2, 0) is 0 Å². The van der Waals surface area contributed by atoms with Gasteiger partial charge in [-0.15, -0.1) is 0 Å². The highest BCUT2D eigenvalue weighted by Crippen LogP contribution is 2.07. The molecule has 0 saturated carbocycles. The Hall–Kier alpha value is -0.780. The molecule has 0 saturated heterocycles. The quantitative estimate of drug-likeness (QED) is 0.535. The number of benzene rings is 1. The molecule has 1 aromatic carbocycles. The predicted octanol–water partition coefficient (Wildman–Crippen LogP) is 4.91. The molecule has 0 fully saturated rings. The number of rotatable bonds is 0. The Morgan fingerprint density at radius 1 is 0.769 bits per heavy atom. The summed E-state index contributed by atoms with van der Waals surface area (Å²) in [7, 11) is 0. The van der Waals surface area contributed by atoms with Crippen molar-refractivity contribution in [3.05, 3.63) is 34.9 Å². The summed E-state index contributed by atoms with van der Waals surface area (Å²) < 4.78 is 0. The van der Waals surface area contributed by atoms with E-state index < -0.39 is 0 Å². The summed E-state index contributed by atoms with van der Waals surface area (Å²) in [6.45, 7) is 14.4. The van der Waals surface area contributed by atoms with Gasteiger partial charge in [-0.05, 0) is 31.9 Å². The molecule has 0 spiro atoms. The van der Waals surface area contributed by atoms with Gasteiger partial charge < -0.3 is 0 Å². The van der Waals surface area contributed by atoms with Crippen molar-refractivity contribution in [2.45, 2.75) is 48.5 Å². The SMILES string of the molecule is CC.CC.Cc1ccc(C)c(C)c1.[HH]. The molecule has 0 heterocycles. The second kappa shape index (κ2) is 9.31. The highest BCUT2D eigenvalue weighted by atomic mass is 13.9. The van der Waals surface area contributed by atoms with Crippen molar-refractivity contribution in [3.8, 4) is 0 Å². The minimum atomic E-state index is 0. The van der Waals surface area contributed by atoms with Crippen molar-refractivity contribution >= 4 is 0 Å². The summed E-state index contributed by atoms with van der Waals surface area (Å²) in [5.41, 5.74) is 4.11. The maximum atomic E-state index is 2.20. The van der Waals surface area contributed by atoms with Crippen LogP contribution in [0.15, 0.2) is 18.2 Å². The standard InChI is InChI=1S/C9H12.2C2H6.H2/c1-7-4-5-8(2)9(3)6-7;2*1-2;/h4-6H,1-3H3;2*1-2H3;1H. The molecule has 0 atom stereocenters. The van der Waals surface area contributed by atoms with Crippen LogP contribution in [0.5, 0.6) is 0 Å². The first-order chi connectivity index (χ1) is 6.20. The van der Waals surface area contributed by atoms with Crippen LogP contribution in [0.4, 0.5) is 0 Å². The smallest absolute Gasteiger partial charge is 0 e. The molecular formula is C13H26.